The van der Waals surface area contributed by atoms with Crippen LogP contribution in [0.15, 0.2) is 36.7 Å². The van der Waals surface area contributed by atoms with E-state index >= 15 is 0 Å². The molecule has 0 aliphatic carbocycles. The molecule has 5 heteroatoms. The Kier molecular flexibility index (Phi) is 3.38. The summed E-state index contributed by atoms with van der Waals surface area (Å²) >= 11 is 1.51. The van der Waals surface area contributed by atoms with E-state index in [1.54, 1.807) is 12.4 Å². The molecule has 0 saturated carbocycles. The molecular weight excluding hydrogens is 250 g/mol. The Labute approximate surface area is 109 Å². The molecule has 18 heavy (non-hydrogen) atoms. The van der Waals surface area contributed by atoms with Crippen LogP contribution in [0.2, 0.25) is 0 Å². The van der Waals surface area contributed by atoms with E-state index in [1.165, 1.54) is 11.3 Å². The molecule has 94 valence electrons. The summed E-state index contributed by atoms with van der Waals surface area (Å²) in [5, 5.41) is 10.2. The van der Waals surface area contributed by atoms with Crippen molar-refractivity contribution in [2.45, 2.75) is 12.4 Å². The van der Waals surface area contributed by atoms with Gasteiger partial charge in [0.1, 0.15) is 6.10 Å². The predicted molar refractivity (Wildman–Crippen MR) is 67.3 cm³/mol. The maximum Gasteiger partial charge on any atom is 0.193 e. The van der Waals surface area contributed by atoms with Gasteiger partial charge in [0.25, 0.3) is 0 Å². The van der Waals surface area contributed by atoms with Crippen LogP contribution in [0.3, 0.4) is 0 Å². The molecule has 0 spiro atoms. The first-order valence-corrected chi connectivity index (χ1v) is 6.57. The molecule has 0 radical (unpaired) electrons. The van der Waals surface area contributed by atoms with Crippen molar-refractivity contribution in [2.75, 3.05) is 13.2 Å². The fourth-order valence-corrected chi connectivity index (χ4v) is 2.90. The van der Waals surface area contributed by atoms with Crippen molar-refractivity contribution in [3.63, 3.8) is 0 Å². The molecule has 4 nitrogen and oxygen atoms in total. The average Bonchev–Trinajstić information content (AvgIpc) is 3.09. The summed E-state index contributed by atoms with van der Waals surface area (Å²) in [6, 6.07) is 7.48. The molecule has 1 N–H and O–H groups in total. The van der Waals surface area contributed by atoms with E-state index in [9.17, 15) is 5.11 Å². The average molecular weight is 263 g/mol. The van der Waals surface area contributed by atoms with Gasteiger partial charge in [0, 0.05) is 17.3 Å². The predicted octanol–water partition coefficient (Wildman–Crippen LogP) is 2.27. The number of aliphatic hydroxyl groups excluding tert-OH is 1. The Morgan fingerprint density at radius 2 is 1.89 bits per heavy atom. The van der Waals surface area contributed by atoms with Crippen molar-refractivity contribution in [3.8, 4) is 0 Å². The van der Waals surface area contributed by atoms with Crippen molar-refractivity contribution in [1.29, 1.82) is 0 Å². The lowest BCUT2D eigenvalue weighted by Crippen LogP contribution is -1.97. The number of hydrogen-bond donors (Lipinski definition) is 1. The van der Waals surface area contributed by atoms with Gasteiger partial charge in [-0.2, -0.15) is 0 Å². The quantitative estimate of drug-likeness (QED) is 0.923. The van der Waals surface area contributed by atoms with Crippen LogP contribution in [0.25, 0.3) is 0 Å². The highest BCUT2D eigenvalue weighted by molar-refractivity contribution is 7.12. The third-order valence-corrected chi connectivity index (χ3v) is 3.95. The first-order chi connectivity index (χ1) is 8.84. The van der Waals surface area contributed by atoms with Crippen molar-refractivity contribution in [2.24, 2.45) is 0 Å². The number of thiophene rings is 1. The van der Waals surface area contributed by atoms with Crippen LogP contribution in [-0.4, -0.2) is 23.3 Å². The Balaban J connectivity index is 1.80. The highest BCUT2D eigenvalue weighted by Gasteiger charge is 2.22. The summed E-state index contributed by atoms with van der Waals surface area (Å²) in [5.41, 5.74) is 0.839. The van der Waals surface area contributed by atoms with Gasteiger partial charge >= 0.3 is 0 Å². The highest BCUT2D eigenvalue weighted by Crippen LogP contribution is 2.34. The van der Waals surface area contributed by atoms with Crippen LogP contribution < -0.4 is 0 Å². The van der Waals surface area contributed by atoms with Gasteiger partial charge in [0.15, 0.2) is 6.29 Å². The molecule has 1 fully saturated rings. The molecule has 0 aromatic carbocycles. The van der Waals surface area contributed by atoms with E-state index in [0.29, 0.717) is 13.2 Å². The summed E-state index contributed by atoms with van der Waals surface area (Å²) < 4.78 is 10.9. The second-order valence-corrected chi connectivity index (χ2v) is 5.14. The summed E-state index contributed by atoms with van der Waals surface area (Å²) in [6.45, 7) is 1.26. The molecular formula is C13H13NO3S. The molecule has 2 aromatic heterocycles. The monoisotopic (exact) mass is 263 g/mol. The summed E-state index contributed by atoms with van der Waals surface area (Å²) in [6.07, 6.45) is 2.47. The first-order valence-electron chi connectivity index (χ1n) is 5.75. The third-order valence-electron chi connectivity index (χ3n) is 2.79. The minimum absolute atomic E-state index is 0.270. The van der Waals surface area contributed by atoms with Gasteiger partial charge in [-0.3, -0.25) is 4.98 Å². The largest absolute Gasteiger partial charge is 0.383 e. The second kappa shape index (κ2) is 5.16. The Morgan fingerprint density at radius 1 is 1.17 bits per heavy atom. The van der Waals surface area contributed by atoms with Crippen molar-refractivity contribution < 1.29 is 14.6 Å². The normalized spacial score (nSPS) is 18.1. The lowest BCUT2D eigenvalue weighted by atomic mass is 10.1. The number of pyridine rings is 1. The van der Waals surface area contributed by atoms with E-state index in [0.717, 1.165) is 15.3 Å². The van der Waals surface area contributed by atoms with Gasteiger partial charge in [-0.05, 0) is 29.8 Å². The van der Waals surface area contributed by atoms with Crippen molar-refractivity contribution >= 4 is 11.3 Å². The van der Waals surface area contributed by atoms with E-state index in [4.69, 9.17) is 9.47 Å². The molecule has 0 amide bonds. The molecule has 1 saturated heterocycles. The first kappa shape index (κ1) is 11.8. The molecule has 2 aromatic rings. The third kappa shape index (κ3) is 2.30. The number of ether oxygens (including phenoxy) is 2. The van der Waals surface area contributed by atoms with Crippen molar-refractivity contribution in [3.05, 3.63) is 52.0 Å². The molecule has 3 rings (SSSR count). The van der Waals surface area contributed by atoms with Crippen molar-refractivity contribution in [1.82, 2.24) is 4.98 Å². The number of nitrogens with zero attached hydrogens (tertiary/aromatic N) is 1. The summed E-state index contributed by atoms with van der Waals surface area (Å²) in [5.74, 6) is 0. The lowest BCUT2D eigenvalue weighted by Gasteiger charge is -2.08. The van der Waals surface area contributed by atoms with Crippen LogP contribution in [0, 0.1) is 0 Å². The van der Waals surface area contributed by atoms with Gasteiger partial charge in [0.05, 0.1) is 18.1 Å². The maximum atomic E-state index is 10.2. The zero-order valence-corrected chi connectivity index (χ0v) is 10.5. The second-order valence-electron chi connectivity index (χ2n) is 4.00. The minimum atomic E-state index is -0.617. The zero-order valence-electron chi connectivity index (χ0n) is 9.65. The number of hydrogen-bond acceptors (Lipinski definition) is 5. The Hall–Kier alpha value is -1.27. The molecule has 3 heterocycles. The molecule has 1 atom stereocenters. The van der Waals surface area contributed by atoms with Crippen LogP contribution in [-0.2, 0) is 9.47 Å². The van der Waals surface area contributed by atoms with Gasteiger partial charge in [-0.25, -0.2) is 0 Å². The fourth-order valence-electron chi connectivity index (χ4n) is 1.87. The number of rotatable bonds is 3. The van der Waals surface area contributed by atoms with Gasteiger partial charge < -0.3 is 14.6 Å². The number of aromatic nitrogens is 1. The van der Waals surface area contributed by atoms with E-state index in [-0.39, 0.29) is 6.29 Å². The maximum absolute atomic E-state index is 10.2. The van der Waals surface area contributed by atoms with Crippen LogP contribution in [0.4, 0.5) is 0 Å². The fraction of sp³-hybridized carbons (Fsp3) is 0.308. The molecule has 1 unspecified atom stereocenters. The van der Waals surface area contributed by atoms with Gasteiger partial charge in [0.2, 0.25) is 0 Å². The smallest absolute Gasteiger partial charge is 0.193 e. The van der Waals surface area contributed by atoms with Crippen LogP contribution >= 0.6 is 11.3 Å². The van der Waals surface area contributed by atoms with E-state index in [1.807, 2.05) is 24.3 Å². The van der Waals surface area contributed by atoms with Crippen LogP contribution in [0.1, 0.15) is 27.7 Å². The zero-order chi connectivity index (χ0) is 12.4. The van der Waals surface area contributed by atoms with E-state index < -0.39 is 6.10 Å². The lowest BCUT2D eigenvalue weighted by molar-refractivity contribution is -0.0413. The van der Waals surface area contributed by atoms with Crippen LogP contribution in [0.5, 0.6) is 0 Å². The summed E-state index contributed by atoms with van der Waals surface area (Å²) in [7, 11) is 0. The minimum Gasteiger partial charge on any atom is -0.383 e. The SMILES string of the molecule is OC(c1ccncc1)c1ccc(C2OCCO2)s1. The van der Waals surface area contributed by atoms with Gasteiger partial charge in [-0.15, -0.1) is 11.3 Å². The van der Waals surface area contributed by atoms with Gasteiger partial charge in [-0.1, -0.05) is 0 Å². The molecule has 1 aliphatic heterocycles. The molecule has 0 bridgehead atoms. The molecule has 1 aliphatic rings. The Bertz CT molecular complexity index is 508. The topological polar surface area (TPSA) is 51.6 Å². The summed E-state index contributed by atoms with van der Waals surface area (Å²) in [4.78, 5) is 5.82. The standard InChI is InChI=1S/C13H13NO3S/c15-12(9-3-5-14-6-4-9)10-1-2-11(18-10)13-16-7-8-17-13/h1-6,12-13,15H,7-8H2. The number of aliphatic hydroxyl groups is 1. The van der Waals surface area contributed by atoms with E-state index in [2.05, 4.69) is 4.98 Å². The Morgan fingerprint density at radius 3 is 2.61 bits per heavy atom. The highest BCUT2D eigenvalue weighted by atomic mass is 32.1.